The third-order valence-corrected chi connectivity index (χ3v) is 4.24. The van der Waals surface area contributed by atoms with Gasteiger partial charge in [0.05, 0.1) is 16.3 Å². The molecule has 0 atom stereocenters. The molecule has 7 nitrogen and oxygen atoms in total. The van der Waals surface area contributed by atoms with Gasteiger partial charge in [0.2, 0.25) is 0 Å². The lowest BCUT2D eigenvalue weighted by Crippen LogP contribution is -2.21. The highest BCUT2D eigenvalue weighted by atomic mass is 35.5. The molecule has 0 unspecified atom stereocenters. The van der Waals surface area contributed by atoms with E-state index in [0.29, 0.717) is 33.4 Å². The highest BCUT2D eigenvalue weighted by molar-refractivity contribution is 6.30. The molecule has 0 spiro atoms. The Labute approximate surface area is 153 Å². The number of nitrogens with zero attached hydrogens (tertiary/aromatic N) is 2. The lowest BCUT2D eigenvalue weighted by atomic mass is 10.1. The minimum atomic E-state index is -0.491. The van der Waals surface area contributed by atoms with Crippen LogP contribution in [0.1, 0.15) is 16.8 Å². The Kier molecular flexibility index (Phi) is 4.00. The van der Waals surface area contributed by atoms with Crippen molar-refractivity contribution in [3.8, 4) is 5.75 Å². The lowest BCUT2D eigenvalue weighted by molar-refractivity contribution is 0.149. The van der Waals surface area contributed by atoms with Crippen molar-refractivity contribution in [3.63, 3.8) is 0 Å². The number of halogens is 1. The Morgan fingerprint density at radius 2 is 2.19 bits per heavy atom. The van der Waals surface area contributed by atoms with Crippen LogP contribution in [0.15, 0.2) is 41.3 Å². The van der Waals surface area contributed by atoms with E-state index < -0.39 is 6.09 Å². The summed E-state index contributed by atoms with van der Waals surface area (Å²) in [6.07, 6.45) is 1.04. The minimum absolute atomic E-state index is 0.129. The van der Waals surface area contributed by atoms with Crippen LogP contribution in [0.25, 0.3) is 5.65 Å². The molecule has 0 fully saturated rings. The van der Waals surface area contributed by atoms with Gasteiger partial charge in [0.15, 0.2) is 0 Å². The molecule has 132 valence electrons. The van der Waals surface area contributed by atoms with Crippen molar-refractivity contribution in [2.24, 2.45) is 0 Å². The van der Waals surface area contributed by atoms with E-state index in [2.05, 4.69) is 10.3 Å². The highest BCUT2D eigenvalue weighted by Gasteiger charge is 2.19. The fourth-order valence-corrected chi connectivity index (χ4v) is 3.09. The molecule has 3 heterocycles. The molecule has 1 amide bonds. The summed E-state index contributed by atoms with van der Waals surface area (Å²) in [5.74, 6) is 0.579. The van der Waals surface area contributed by atoms with Gasteiger partial charge in [-0.05, 0) is 25.1 Å². The van der Waals surface area contributed by atoms with Crippen molar-refractivity contribution in [2.75, 3.05) is 5.32 Å². The summed E-state index contributed by atoms with van der Waals surface area (Å²) in [5.41, 5.74) is 2.99. The maximum atomic E-state index is 12.2. The zero-order valence-corrected chi connectivity index (χ0v) is 14.5. The molecule has 0 aliphatic carbocycles. The summed E-state index contributed by atoms with van der Waals surface area (Å²) >= 11 is 6.14. The molecular weight excluding hydrogens is 358 g/mol. The molecule has 8 heteroatoms. The number of cyclic esters (lactones) is 1. The van der Waals surface area contributed by atoms with Crippen LogP contribution in [0, 0.1) is 6.92 Å². The van der Waals surface area contributed by atoms with E-state index in [0.717, 1.165) is 5.56 Å². The fourth-order valence-electron chi connectivity index (χ4n) is 2.86. The maximum absolute atomic E-state index is 12.2. The Balaban J connectivity index is 1.70. The molecule has 1 aromatic carbocycles. The average molecular weight is 372 g/mol. The van der Waals surface area contributed by atoms with Crippen LogP contribution < -0.4 is 15.6 Å². The number of ether oxygens (including phenoxy) is 2. The molecule has 26 heavy (non-hydrogen) atoms. The Morgan fingerprint density at radius 1 is 1.35 bits per heavy atom. The number of amides is 1. The first-order valence-corrected chi connectivity index (χ1v) is 8.26. The van der Waals surface area contributed by atoms with Crippen molar-refractivity contribution in [1.29, 1.82) is 0 Å². The number of aryl methyl sites for hydroxylation is 1. The number of hydrogen-bond acceptors (Lipinski definition) is 5. The molecule has 1 aliphatic heterocycles. The van der Waals surface area contributed by atoms with Gasteiger partial charge in [0.1, 0.15) is 24.6 Å². The minimum Gasteiger partial charge on any atom is -0.488 e. The zero-order chi connectivity index (χ0) is 18.3. The van der Waals surface area contributed by atoms with Gasteiger partial charge in [-0.15, -0.1) is 0 Å². The van der Waals surface area contributed by atoms with Gasteiger partial charge in [0, 0.05) is 23.5 Å². The fraction of sp³-hybridized carbons (Fsp3) is 0.167. The molecule has 0 saturated heterocycles. The number of benzene rings is 1. The van der Waals surface area contributed by atoms with Crippen LogP contribution in [0.3, 0.4) is 0 Å². The number of aromatic nitrogens is 2. The number of pyridine rings is 1. The molecule has 0 radical (unpaired) electrons. The lowest BCUT2D eigenvalue weighted by Gasteiger charge is -2.20. The van der Waals surface area contributed by atoms with Crippen LogP contribution in [-0.4, -0.2) is 15.5 Å². The van der Waals surface area contributed by atoms with Crippen molar-refractivity contribution in [2.45, 2.75) is 20.1 Å². The van der Waals surface area contributed by atoms with E-state index in [9.17, 15) is 9.59 Å². The summed E-state index contributed by atoms with van der Waals surface area (Å²) in [6, 6.07) is 8.51. The number of carbonyl (C=O) groups excluding carboxylic acids is 1. The van der Waals surface area contributed by atoms with Gasteiger partial charge in [-0.3, -0.25) is 14.5 Å². The first-order valence-electron chi connectivity index (χ1n) is 7.88. The molecule has 2 aromatic heterocycles. The maximum Gasteiger partial charge on any atom is 0.411 e. The second-order valence-corrected chi connectivity index (χ2v) is 6.32. The number of anilines is 1. The first-order chi connectivity index (χ1) is 12.5. The molecule has 0 bridgehead atoms. The number of nitrogens with one attached hydrogen (secondary N) is 1. The number of hydrogen-bond donors (Lipinski definition) is 1. The smallest absolute Gasteiger partial charge is 0.411 e. The van der Waals surface area contributed by atoms with Crippen LogP contribution >= 0.6 is 11.6 Å². The van der Waals surface area contributed by atoms with E-state index in [-0.39, 0.29) is 18.8 Å². The van der Waals surface area contributed by atoms with Gasteiger partial charge in [-0.25, -0.2) is 9.78 Å². The normalized spacial score (nSPS) is 13.1. The second-order valence-electron chi connectivity index (χ2n) is 5.88. The van der Waals surface area contributed by atoms with E-state index in [1.54, 1.807) is 31.2 Å². The Hall–Kier alpha value is -3.06. The van der Waals surface area contributed by atoms with Crippen molar-refractivity contribution in [3.05, 3.63) is 68.7 Å². The highest BCUT2D eigenvalue weighted by Crippen LogP contribution is 2.31. The molecule has 1 aliphatic rings. The van der Waals surface area contributed by atoms with Crippen molar-refractivity contribution in [1.82, 2.24) is 9.38 Å². The van der Waals surface area contributed by atoms with Crippen LogP contribution in [-0.2, 0) is 18.0 Å². The van der Waals surface area contributed by atoms with Gasteiger partial charge in [0.25, 0.3) is 5.56 Å². The van der Waals surface area contributed by atoms with E-state index in [1.165, 1.54) is 16.7 Å². The first kappa shape index (κ1) is 16.4. The summed E-state index contributed by atoms with van der Waals surface area (Å²) in [7, 11) is 0. The molecule has 3 aromatic rings. The number of carbonyl (C=O) groups is 1. The summed E-state index contributed by atoms with van der Waals surface area (Å²) in [4.78, 5) is 27.9. The second kappa shape index (κ2) is 6.34. The quantitative estimate of drug-likeness (QED) is 0.763. The standard InChI is InChI=1S/C18H14ClN3O4/c1-10-5-16(23)22-7-12(19)6-11(17(22)20-10)8-25-15-4-2-3-14-13(15)9-26-18(24)21-14/h2-7H,8-9H2,1H3,(H,21,24). The van der Waals surface area contributed by atoms with Gasteiger partial charge in [-0.1, -0.05) is 17.7 Å². The predicted molar refractivity (Wildman–Crippen MR) is 95.8 cm³/mol. The SMILES string of the molecule is Cc1cc(=O)n2cc(Cl)cc(COc3cccc4c3COC(=O)N4)c2n1. The molecule has 0 saturated carbocycles. The molecule has 4 rings (SSSR count). The van der Waals surface area contributed by atoms with E-state index in [4.69, 9.17) is 21.1 Å². The van der Waals surface area contributed by atoms with Crippen LogP contribution in [0.5, 0.6) is 5.75 Å². The van der Waals surface area contributed by atoms with Crippen LogP contribution in [0.2, 0.25) is 5.02 Å². The van der Waals surface area contributed by atoms with E-state index >= 15 is 0 Å². The number of fused-ring (bicyclic) bond motifs is 2. The Bertz CT molecular complexity index is 1090. The summed E-state index contributed by atoms with van der Waals surface area (Å²) in [6.45, 7) is 2.04. The van der Waals surface area contributed by atoms with Crippen LogP contribution in [0.4, 0.5) is 10.5 Å². The average Bonchev–Trinajstić information content (AvgIpc) is 2.60. The predicted octanol–water partition coefficient (Wildman–Crippen LogP) is 3.30. The van der Waals surface area contributed by atoms with Crippen molar-refractivity contribution < 1.29 is 14.3 Å². The summed E-state index contributed by atoms with van der Waals surface area (Å²) < 4.78 is 12.3. The van der Waals surface area contributed by atoms with Gasteiger partial charge >= 0.3 is 6.09 Å². The van der Waals surface area contributed by atoms with E-state index in [1.807, 2.05) is 0 Å². The van der Waals surface area contributed by atoms with Gasteiger partial charge < -0.3 is 9.47 Å². The number of rotatable bonds is 3. The molecular formula is C18H14ClN3O4. The Morgan fingerprint density at radius 3 is 3.04 bits per heavy atom. The van der Waals surface area contributed by atoms with Crippen molar-refractivity contribution >= 4 is 29.0 Å². The monoisotopic (exact) mass is 371 g/mol. The zero-order valence-electron chi connectivity index (χ0n) is 13.8. The third-order valence-electron chi connectivity index (χ3n) is 4.03. The van der Waals surface area contributed by atoms with Gasteiger partial charge in [-0.2, -0.15) is 0 Å². The third kappa shape index (κ3) is 2.97. The topological polar surface area (TPSA) is 81.9 Å². The molecule has 1 N–H and O–H groups in total. The summed E-state index contributed by atoms with van der Waals surface area (Å²) in [5, 5.41) is 3.04. The largest absolute Gasteiger partial charge is 0.488 e.